The van der Waals surface area contributed by atoms with Gasteiger partial charge in [0.15, 0.2) is 0 Å². The van der Waals surface area contributed by atoms with Gasteiger partial charge in [0.1, 0.15) is 17.2 Å². The Morgan fingerprint density at radius 2 is 1.74 bits per heavy atom. The molecule has 1 heterocycles. The quantitative estimate of drug-likeness (QED) is 0.872. The molecule has 0 bridgehead atoms. The van der Waals surface area contributed by atoms with Gasteiger partial charge in [0.05, 0.1) is 36.6 Å². The van der Waals surface area contributed by atoms with Crippen LogP contribution < -0.4 is 9.47 Å². The van der Waals surface area contributed by atoms with Gasteiger partial charge in [-0.1, -0.05) is 29.8 Å². The van der Waals surface area contributed by atoms with E-state index in [9.17, 15) is 0 Å². The lowest BCUT2D eigenvalue weighted by Crippen LogP contribution is -2.21. The molecule has 0 atom stereocenters. The highest BCUT2D eigenvalue weighted by molar-refractivity contribution is 6.47. The normalized spacial score (nSPS) is 14.3. The van der Waals surface area contributed by atoms with Crippen LogP contribution in [0.1, 0.15) is 12.5 Å². The van der Waals surface area contributed by atoms with Crippen molar-refractivity contribution in [2.24, 2.45) is 4.99 Å². The third kappa shape index (κ3) is 3.21. The lowest BCUT2D eigenvalue weighted by Gasteiger charge is -2.19. The van der Waals surface area contributed by atoms with Crippen molar-refractivity contribution in [3.8, 4) is 11.5 Å². The smallest absolute Gasteiger partial charge is 0.240 e. The number of ether oxygens (including phenoxy) is 3. The predicted octanol–water partition coefficient (Wildman–Crippen LogP) is 4.38. The van der Waals surface area contributed by atoms with E-state index >= 15 is 0 Å². The molecule has 0 saturated heterocycles. The molecule has 1 aromatic rings. The second-order valence-corrected chi connectivity index (χ2v) is 5.32. The predicted molar refractivity (Wildman–Crippen MR) is 93.5 cm³/mol. The molecular formula is C16H16Cl2N2O3. The molecule has 0 aromatic heterocycles. The molecule has 5 nitrogen and oxygen atoms in total. The molecule has 0 saturated carbocycles. The molecule has 1 N–H and O–H groups in total. The maximum Gasteiger partial charge on any atom is 0.240 e. The highest BCUT2D eigenvalue weighted by atomic mass is 35.5. The van der Waals surface area contributed by atoms with E-state index in [1.165, 1.54) is 14.2 Å². The van der Waals surface area contributed by atoms with E-state index in [1.807, 2.05) is 6.92 Å². The van der Waals surface area contributed by atoms with Crippen LogP contribution in [0.15, 0.2) is 29.3 Å². The van der Waals surface area contributed by atoms with E-state index in [0.717, 1.165) is 0 Å². The number of hydrogen-bond acceptors (Lipinski definition) is 5. The van der Waals surface area contributed by atoms with E-state index in [2.05, 4.69) is 11.6 Å². The van der Waals surface area contributed by atoms with E-state index < -0.39 is 0 Å². The fourth-order valence-corrected chi connectivity index (χ4v) is 2.75. The SMILES string of the molecule is C=C1C=C(c2c(Cl)c(OC)cc(OC)c2Cl)N=C(OCC)C1=N. The standard InChI is InChI=1S/C16H16Cl2N2O3/c1-5-23-16-15(19)8(2)6-9(20-16)12-13(17)10(21-3)7-11(22-4)14(12)18/h6-7,19H,2,5H2,1,3-4H3. The van der Waals surface area contributed by atoms with Crippen LogP contribution in [0.3, 0.4) is 0 Å². The molecule has 7 heteroatoms. The van der Waals surface area contributed by atoms with E-state index in [-0.39, 0.29) is 11.6 Å². The zero-order valence-electron chi connectivity index (χ0n) is 13.0. The van der Waals surface area contributed by atoms with Crippen LogP contribution in [-0.2, 0) is 4.74 Å². The first-order valence-electron chi connectivity index (χ1n) is 6.76. The number of benzene rings is 1. The average Bonchev–Trinajstić information content (AvgIpc) is 2.52. The molecule has 0 spiro atoms. The summed E-state index contributed by atoms with van der Waals surface area (Å²) in [7, 11) is 2.99. The molecular weight excluding hydrogens is 339 g/mol. The number of nitrogens with zero attached hydrogens (tertiary/aromatic N) is 1. The topological polar surface area (TPSA) is 63.9 Å². The molecule has 0 unspecified atom stereocenters. The van der Waals surface area contributed by atoms with Gasteiger partial charge >= 0.3 is 0 Å². The van der Waals surface area contributed by atoms with Gasteiger partial charge in [0.25, 0.3) is 0 Å². The number of halogens is 2. The number of methoxy groups -OCH3 is 2. The highest BCUT2D eigenvalue weighted by Crippen LogP contribution is 2.44. The third-order valence-electron chi connectivity index (χ3n) is 3.18. The Kier molecular flexibility index (Phi) is 5.34. The van der Waals surface area contributed by atoms with Crippen molar-refractivity contribution in [3.63, 3.8) is 0 Å². The summed E-state index contributed by atoms with van der Waals surface area (Å²) in [6, 6.07) is 1.60. The van der Waals surface area contributed by atoms with Crippen molar-refractivity contribution in [1.29, 1.82) is 5.41 Å². The highest BCUT2D eigenvalue weighted by Gasteiger charge is 2.25. The number of aliphatic imine (C=N–C) groups is 1. The van der Waals surface area contributed by atoms with Crippen molar-refractivity contribution in [2.75, 3.05) is 20.8 Å². The maximum atomic E-state index is 7.96. The van der Waals surface area contributed by atoms with E-state index in [0.29, 0.717) is 45.0 Å². The molecule has 1 aromatic carbocycles. The van der Waals surface area contributed by atoms with Gasteiger partial charge in [0.2, 0.25) is 5.90 Å². The summed E-state index contributed by atoms with van der Waals surface area (Å²) in [6.07, 6.45) is 1.62. The second kappa shape index (κ2) is 7.06. The van der Waals surface area contributed by atoms with Crippen molar-refractivity contribution in [2.45, 2.75) is 6.92 Å². The average molecular weight is 355 g/mol. The summed E-state index contributed by atoms with van der Waals surface area (Å²) in [5, 5.41) is 8.55. The fourth-order valence-electron chi connectivity index (χ4n) is 2.05. The molecule has 23 heavy (non-hydrogen) atoms. The minimum absolute atomic E-state index is 0.123. The summed E-state index contributed by atoms with van der Waals surface area (Å²) in [5.74, 6) is 0.982. The van der Waals surface area contributed by atoms with E-state index in [1.54, 1.807) is 12.1 Å². The first kappa shape index (κ1) is 17.4. The van der Waals surface area contributed by atoms with Gasteiger partial charge < -0.3 is 14.2 Å². The maximum absolute atomic E-state index is 7.96. The molecule has 1 aliphatic heterocycles. The minimum atomic E-state index is 0.123. The lowest BCUT2D eigenvalue weighted by molar-refractivity contribution is 0.334. The van der Waals surface area contributed by atoms with Crippen LogP contribution in [0.2, 0.25) is 10.0 Å². The first-order chi connectivity index (χ1) is 10.9. The molecule has 0 fully saturated rings. The van der Waals surface area contributed by atoms with Gasteiger partial charge in [-0.3, -0.25) is 5.41 Å². The summed E-state index contributed by atoms with van der Waals surface area (Å²) < 4.78 is 15.9. The molecule has 1 aliphatic rings. The Morgan fingerprint density at radius 1 is 1.17 bits per heavy atom. The number of rotatable bonds is 4. The summed E-state index contributed by atoms with van der Waals surface area (Å²) >= 11 is 12.8. The van der Waals surface area contributed by atoms with Gasteiger partial charge in [-0.05, 0) is 18.6 Å². The number of nitrogens with one attached hydrogen (secondary N) is 1. The van der Waals surface area contributed by atoms with Crippen LogP contribution in [0.5, 0.6) is 11.5 Å². The summed E-state index contributed by atoms with van der Waals surface area (Å²) in [6.45, 7) is 6.03. The number of allylic oxidation sites excluding steroid dienone is 1. The molecule has 0 radical (unpaired) electrons. The lowest BCUT2D eigenvalue weighted by atomic mass is 10.0. The van der Waals surface area contributed by atoms with Crippen LogP contribution in [0.25, 0.3) is 5.70 Å². The Morgan fingerprint density at radius 3 is 2.22 bits per heavy atom. The Bertz CT molecular complexity index is 711. The van der Waals surface area contributed by atoms with Crippen molar-refractivity contribution in [3.05, 3.63) is 39.9 Å². The minimum Gasteiger partial charge on any atom is -0.495 e. The van der Waals surface area contributed by atoms with E-state index in [4.69, 9.17) is 42.8 Å². The van der Waals surface area contributed by atoms with Gasteiger partial charge in [0, 0.05) is 11.6 Å². The van der Waals surface area contributed by atoms with Crippen LogP contribution in [0.4, 0.5) is 0 Å². The fraction of sp³-hybridized carbons (Fsp3) is 0.250. The first-order valence-corrected chi connectivity index (χ1v) is 7.51. The molecule has 0 amide bonds. The van der Waals surface area contributed by atoms with Crippen LogP contribution in [0, 0.1) is 5.41 Å². The zero-order valence-corrected chi connectivity index (χ0v) is 14.5. The monoisotopic (exact) mass is 354 g/mol. The van der Waals surface area contributed by atoms with Crippen molar-refractivity contribution >= 4 is 40.5 Å². The summed E-state index contributed by atoms with van der Waals surface area (Å²) in [5.41, 5.74) is 1.45. The molecule has 0 aliphatic carbocycles. The summed E-state index contributed by atoms with van der Waals surface area (Å²) in [4.78, 5) is 4.34. The molecule has 122 valence electrons. The zero-order chi connectivity index (χ0) is 17.1. The van der Waals surface area contributed by atoms with Crippen LogP contribution >= 0.6 is 23.2 Å². The Hall–Kier alpha value is -1.98. The van der Waals surface area contributed by atoms with Crippen molar-refractivity contribution < 1.29 is 14.2 Å². The van der Waals surface area contributed by atoms with Gasteiger partial charge in [-0.15, -0.1) is 0 Å². The second-order valence-electron chi connectivity index (χ2n) is 4.56. The van der Waals surface area contributed by atoms with Crippen LogP contribution in [-0.4, -0.2) is 32.4 Å². The Labute approximate surface area is 144 Å². The number of hydrogen-bond donors (Lipinski definition) is 1. The van der Waals surface area contributed by atoms with Gasteiger partial charge in [-0.25, -0.2) is 4.99 Å². The largest absolute Gasteiger partial charge is 0.495 e. The van der Waals surface area contributed by atoms with Gasteiger partial charge in [-0.2, -0.15) is 0 Å². The van der Waals surface area contributed by atoms with Crippen molar-refractivity contribution in [1.82, 2.24) is 0 Å². The molecule has 2 rings (SSSR count). The third-order valence-corrected chi connectivity index (χ3v) is 3.93. The Balaban J connectivity index is 2.68.